The van der Waals surface area contributed by atoms with E-state index >= 15 is 0 Å². The Balaban J connectivity index is 2.25. The Morgan fingerprint density at radius 1 is 1.17 bits per heavy atom. The van der Waals surface area contributed by atoms with Gasteiger partial charge in [0.2, 0.25) is 0 Å². The zero-order chi connectivity index (χ0) is 21.5. The molecule has 1 aromatic heterocycles. The van der Waals surface area contributed by atoms with Gasteiger partial charge in [0.15, 0.2) is 11.4 Å². The van der Waals surface area contributed by atoms with E-state index < -0.39 is 11.2 Å². The lowest BCUT2D eigenvalue weighted by Crippen LogP contribution is -2.28. The first-order valence-electron chi connectivity index (χ1n) is 9.69. The van der Waals surface area contributed by atoms with Crippen molar-refractivity contribution < 1.29 is 18.7 Å². The van der Waals surface area contributed by atoms with E-state index in [0.29, 0.717) is 28.0 Å². The van der Waals surface area contributed by atoms with Crippen molar-refractivity contribution in [3.8, 4) is 22.6 Å². The first-order valence-corrected chi connectivity index (χ1v) is 9.69. The summed E-state index contributed by atoms with van der Waals surface area (Å²) in [4.78, 5) is 25.5. The lowest BCUT2D eigenvalue weighted by molar-refractivity contribution is 0.104. The third kappa shape index (κ3) is 3.22. The molecule has 0 saturated heterocycles. The second kappa shape index (κ2) is 7.34. The molecule has 3 aromatic rings. The largest absolute Gasteiger partial charge is 0.495 e. The molecule has 152 valence electrons. The number of rotatable bonds is 4. The summed E-state index contributed by atoms with van der Waals surface area (Å²) in [6.07, 6.45) is 6.87. The number of carbonyl (C=O) groups excluding carboxylic acids is 1. The summed E-state index contributed by atoms with van der Waals surface area (Å²) in [5.74, 6) is 0.531. The molecule has 1 aliphatic rings. The summed E-state index contributed by atoms with van der Waals surface area (Å²) < 4.78 is 17.5. The normalized spacial score (nSPS) is 14.5. The van der Waals surface area contributed by atoms with Gasteiger partial charge in [0, 0.05) is 11.6 Å². The van der Waals surface area contributed by atoms with E-state index in [4.69, 9.17) is 13.9 Å². The second-order valence-electron chi connectivity index (χ2n) is 7.60. The van der Waals surface area contributed by atoms with Gasteiger partial charge >= 0.3 is 5.63 Å². The zero-order valence-electron chi connectivity index (χ0n) is 17.3. The molecule has 0 saturated carbocycles. The third-order valence-electron chi connectivity index (χ3n) is 5.00. The highest BCUT2D eigenvalue weighted by Crippen LogP contribution is 2.48. The predicted molar refractivity (Wildman–Crippen MR) is 117 cm³/mol. The molecule has 0 atom stereocenters. The van der Waals surface area contributed by atoms with Gasteiger partial charge in [0.25, 0.3) is 0 Å². The van der Waals surface area contributed by atoms with Crippen LogP contribution in [-0.2, 0) is 0 Å². The van der Waals surface area contributed by atoms with Crippen molar-refractivity contribution in [3.05, 3.63) is 76.2 Å². The highest BCUT2D eigenvalue weighted by Gasteiger charge is 2.32. The van der Waals surface area contributed by atoms with Crippen LogP contribution in [0.1, 0.15) is 36.7 Å². The van der Waals surface area contributed by atoms with E-state index in [1.807, 2.05) is 56.3 Å². The van der Waals surface area contributed by atoms with Crippen LogP contribution in [0.15, 0.2) is 63.8 Å². The fourth-order valence-corrected chi connectivity index (χ4v) is 3.72. The maximum atomic E-state index is 13.0. The molecular formula is C25H22O5. The summed E-state index contributed by atoms with van der Waals surface area (Å²) in [5.41, 5.74) is 1.33. The van der Waals surface area contributed by atoms with Gasteiger partial charge in [-0.1, -0.05) is 36.4 Å². The van der Waals surface area contributed by atoms with Crippen molar-refractivity contribution in [3.63, 3.8) is 0 Å². The van der Waals surface area contributed by atoms with Gasteiger partial charge in [-0.25, -0.2) is 4.79 Å². The molecule has 0 unspecified atom stereocenters. The molecule has 0 aliphatic carbocycles. The average Bonchev–Trinajstić information content (AvgIpc) is 2.72. The van der Waals surface area contributed by atoms with Gasteiger partial charge in [0.1, 0.15) is 22.7 Å². The number of methoxy groups -OCH3 is 1. The quantitative estimate of drug-likeness (QED) is 0.332. The van der Waals surface area contributed by atoms with Crippen LogP contribution < -0.4 is 15.1 Å². The van der Waals surface area contributed by atoms with E-state index in [9.17, 15) is 9.59 Å². The van der Waals surface area contributed by atoms with Crippen molar-refractivity contribution in [2.24, 2.45) is 0 Å². The molecule has 0 amide bonds. The Kier molecular flexibility index (Phi) is 4.82. The van der Waals surface area contributed by atoms with Crippen molar-refractivity contribution in [1.82, 2.24) is 0 Å². The van der Waals surface area contributed by atoms with E-state index in [1.165, 1.54) is 19.3 Å². The Morgan fingerprint density at radius 2 is 1.90 bits per heavy atom. The molecule has 2 aromatic carbocycles. The number of hydrogen-bond donors (Lipinski definition) is 0. The predicted octanol–water partition coefficient (Wildman–Crippen LogP) is 5.41. The van der Waals surface area contributed by atoms with Gasteiger partial charge in [-0.15, -0.1) is 0 Å². The number of ketones is 1. The molecule has 2 heterocycles. The summed E-state index contributed by atoms with van der Waals surface area (Å²) >= 11 is 0. The molecule has 4 rings (SSSR count). The lowest BCUT2D eigenvalue weighted by atomic mass is 9.91. The molecular weight excluding hydrogens is 380 g/mol. The lowest BCUT2D eigenvalue weighted by Gasteiger charge is -2.30. The molecule has 30 heavy (non-hydrogen) atoms. The molecule has 0 fully saturated rings. The van der Waals surface area contributed by atoms with Crippen LogP contribution in [0, 0.1) is 0 Å². The van der Waals surface area contributed by atoms with Crippen molar-refractivity contribution >= 4 is 22.8 Å². The second-order valence-corrected chi connectivity index (χ2v) is 7.60. The van der Waals surface area contributed by atoms with Gasteiger partial charge in [-0.05, 0) is 44.6 Å². The maximum absolute atomic E-state index is 13.0. The Hall–Kier alpha value is -3.60. The molecule has 0 spiro atoms. The van der Waals surface area contributed by atoms with Crippen LogP contribution in [0.4, 0.5) is 0 Å². The van der Waals surface area contributed by atoms with E-state index in [-0.39, 0.29) is 16.9 Å². The van der Waals surface area contributed by atoms with Crippen LogP contribution in [0.2, 0.25) is 0 Å². The van der Waals surface area contributed by atoms with E-state index in [1.54, 1.807) is 13.0 Å². The maximum Gasteiger partial charge on any atom is 0.336 e. The minimum absolute atomic E-state index is 0.158. The fourth-order valence-electron chi connectivity index (χ4n) is 3.72. The molecule has 0 N–H and O–H groups in total. The minimum atomic E-state index is -0.579. The van der Waals surface area contributed by atoms with Gasteiger partial charge < -0.3 is 13.9 Å². The van der Waals surface area contributed by atoms with Gasteiger partial charge in [-0.2, -0.15) is 0 Å². The topological polar surface area (TPSA) is 65.7 Å². The highest BCUT2D eigenvalue weighted by atomic mass is 16.5. The molecule has 0 bridgehead atoms. The van der Waals surface area contributed by atoms with E-state index in [0.717, 1.165) is 5.56 Å². The summed E-state index contributed by atoms with van der Waals surface area (Å²) in [5, 5.41) is 0.571. The number of fused-ring (bicyclic) bond motifs is 3. The fraction of sp³-hybridized carbons (Fsp3) is 0.200. The number of benzene rings is 2. The van der Waals surface area contributed by atoms with Crippen molar-refractivity contribution in [2.45, 2.75) is 26.4 Å². The number of hydrogen-bond acceptors (Lipinski definition) is 5. The summed E-state index contributed by atoms with van der Waals surface area (Å²) in [6.45, 7) is 5.62. The summed E-state index contributed by atoms with van der Waals surface area (Å²) in [6, 6.07) is 10.9. The minimum Gasteiger partial charge on any atom is -0.495 e. The molecule has 1 aliphatic heterocycles. The first kappa shape index (κ1) is 19.7. The van der Waals surface area contributed by atoms with Crippen LogP contribution >= 0.6 is 0 Å². The Labute approximate surface area is 174 Å². The Bertz CT molecular complexity index is 1260. The average molecular weight is 402 g/mol. The molecule has 5 heteroatoms. The number of ether oxygens (including phenoxy) is 2. The van der Waals surface area contributed by atoms with Gasteiger partial charge in [0.05, 0.1) is 18.1 Å². The first-order chi connectivity index (χ1) is 14.4. The molecule has 0 radical (unpaired) electrons. The van der Waals surface area contributed by atoms with E-state index in [2.05, 4.69) is 0 Å². The summed E-state index contributed by atoms with van der Waals surface area (Å²) in [7, 11) is 1.49. The smallest absolute Gasteiger partial charge is 0.336 e. The standard InChI is InChI=1S/C25H22O5/c1-5-9-18(26)21-22(28-4)16-12-13-25(2,3)30-23(16)20-17(14-19(27)29-24(20)21)15-10-7-6-8-11-15/h5-14H,1-4H3/b9-5+. The monoisotopic (exact) mass is 402 g/mol. The Morgan fingerprint density at radius 3 is 2.57 bits per heavy atom. The SMILES string of the molecule is C/C=C/C(=O)c1c(OC)c2c(c3c(-c4ccccc4)cc(=O)oc13)OC(C)(C)C=C2. The van der Waals surface area contributed by atoms with Crippen molar-refractivity contribution in [1.29, 1.82) is 0 Å². The number of carbonyl (C=O) groups is 1. The zero-order valence-corrected chi connectivity index (χ0v) is 17.3. The highest BCUT2D eigenvalue weighted by molar-refractivity contribution is 6.18. The van der Waals surface area contributed by atoms with Crippen LogP contribution in [0.25, 0.3) is 28.2 Å². The molecule has 5 nitrogen and oxygen atoms in total. The van der Waals surface area contributed by atoms with Gasteiger partial charge in [-0.3, -0.25) is 4.79 Å². The third-order valence-corrected chi connectivity index (χ3v) is 5.00. The van der Waals surface area contributed by atoms with Crippen LogP contribution in [0.3, 0.4) is 0 Å². The van der Waals surface area contributed by atoms with Crippen molar-refractivity contribution in [2.75, 3.05) is 7.11 Å². The number of allylic oxidation sites excluding steroid dienone is 2. The van der Waals surface area contributed by atoms with Crippen LogP contribution in [-0.4, -0.2) is 18.5 Å². The van der Waals surface area contributed by atoms with Crippen LogP contribution in [0.5, 0.6) is 11.5 Å².